The summed E-state index contributed by atoms with van der Waals surface area (Å²) in [6.07, 6.45) is 0.838. The van der Waals surface area contributed by atoms with Gasteiger partial charge in [0.1, 0.15) is 16.8 Å². The van der Waals surface area contributed by atoms with Crippen molar-refractivity contribution in [2.45, 2.75) is 30.7 Å². The second-order valence-corrected chi connectivity index (χ2v) is 8.19. The molecule has 3 rings (SSSR count). The molecule has 1 aliphatic rings. The molecule has 1 N–H and O–H groups in total. The molecule has 2 aromatic rings. The average Bonchev–Trinajstić information content (AvgIpc) is 3.13. The van der Waals surface area contributed by atoms with Crippen LogP contribution in [0.4, 0.5) is 10.1 Å². The van der Waals surface area contributed by atoms with Crippen LogP contribution in [0.5, 0.6) is 0 Å². The summed E-state index contributed by atoms with van der Waals surface area (Å²) in [6.45, 7) is 1.56. The Hall–Kier alpha value is -2.58. The molecule has 1 saturated heterocycles. The Bertz CT molecular complexity index is 991. The lowest BCUT2D eigenvalue weighted by Crippen LogP contribution is -2.43. The first-order valence-corrected chi connectivity index (χ1v) is 9.93. The van der Waals surface area contributed by atoms with E-state index in [9.17, 15) is 22.4 Å². The van der Waals surface area contributed by atoms with Crippen LogP contribution in [-0.2, 0) is 14.8 Å². The van der Waals surface area contributed by atoms with Crippen LogP contribution < -0.4 is 5.32 Å². The minimum atomic E-state index is -4.13. The Labute approximate surface area is 157 Å². The number of amides is 1. The van der Waals surface area contributed by atoms with Gasteiger partial charge < -0.3 is 5.32 Å². The van der Waals surface area contributed by atoms with E-state index in [0.29, 0.717) is 24.1 Å². The molecule has 1 amide bonds. The second kappa shape index (κ2) is 7.58. The van der Waals surface area contributed by atoms with E-state index in [0.717, 1.165) is 10.4 Å². The van der Waals surface area contributed by atoms with Crippen molar-refractivity contribution >= 4 is 27.4 Å². The topological polar surface area (TPSA) is 83.6 Å². The van der Waals surface area contributed by atoms with Crippen LogP contribution in [0.15, 0.2) is 53.4 Å². The molecule has 1 heterocycles. The standard InChI is InChI=1S/C19H19FN2O4S/c1-13(23)14-6-4-7-15(12-14)21-19(24)17-9-5-11-22(17)27(25,26)18-10-3-2-8-16(18)20/h2-4,6-8,10,12,17H,5,9,11H2,1H3,(H,21,24)/t17-/m1/s1. The van der Waals surface area contributed by atoms with E-state index in [1.54, 1.807) is 18.2 Å². The summed E-state index contributed by atoms with van der Waals surface area (Å²) in [6, 6.07) is 10.6. The maximum absolute atomic E-state index is 14.0. The highest BCUT2D eigenvalue weighted by Crippen LogP contribution is 2.28. The molecule has 2 aromatic carbocycles. The quantitative estimate of drug-likeness (QED) is 0.796. The number of nitrogens with one attached hydrogen (secondary N) is 1. The van der Waals surface area contributed by atoms with E-state index in [-0.39, 0.29) is 12.3 Å². The maximum Gasteiger partial charge on any atom is 0.246 e. The van der Waals surface area contributed by atoms with Gasteiger partial charge in [-0.25, -0.2) is 12.8 Å². The van der Waals surface area contributed by atoms with Crippen LogP contribution in [0.1, 0.15) is 30.1 Å². The van der Waals surface area contributed by atoms with E-state index in [1.807, 2.05) is 0 Å². The number of benzene rings is 2. The van der Waals surface area contributed by atoms with Crippen LogP contribution in [0, 0.1) is 5.82 Å². The predicted octanol–water partition coefficient (Wildman–Crippen LogP) is 2.82. The molecule has 0 saturated carbocycles. The lowest BCUT2D eigenvalue weighted by Gasteiger charge is -2.23. The van der Waals surface area contributed by atoms with Gasteiger partial charge in [0.2, 0.25) is 15.9 Å². The maximum atomic E-state index is 14.0. The third-order valence-corrected chi connectivity index (χ3v) is 6.41. The van der Waals surface area contributed by atoms with Gasteiger partial charge in [-0.15, -0.1) is 0 Å². The largest absolute Gasteiger partial charge is 0.325 e. The normalized spacial score (nSPS) is 17.6. The number of carbonyl (C=O) groups excluding carboxylic acids is 2. The zero-order valence-corrected chi connectivity index (χ0v) is 15.5. The van der Waals surface area contributed by atoms with Gasteiger partial charge in [0.25, 0.3) is 0 Å². The number of ketones is 1. The van der Waals surface area contributed by atoms with Gasteiger partial charge in [0, 0.05) is 17.8 Å². The van der Waals surface area contributed by atoms with Gasteiger partial charge in [-0.1, -0.05) is 24.3 Å². The van der Waals surface area contributed by atoms with Crippen LogP contribution in [0.25, 0.3) is 0 Å². The van der Waals surface area contributed by atoms with E-state index < -0.39 is 32.7 Å². The summed E-state index contributed by atoms with van der Waals surface area (Å²) in [7, 11) is -4.13. The van der Waals surface area contributed by atoms with Crippen molar-refractivity contribution in [2.24, 2.45) is 0 Å². The first-order valence-electron chi connectivity index (χ1n) is 8.49. The molecule has 1 aliphatic heterocycles. The average molecular weight is 390 g/mol. The number of sulfonamides is 1. The smallest absolute Gasteiger partial charge is 0.246 e. The van der Waals surface area contributed by atoms with E-state index in [4.69, 9.17) is 0 Å². The van der Waals surface area contributed by atoms with Crippen LogP contribution in [0.2, 0.25) is 0 Å². The van der Waals surface area contributed by atoms with Gasteiger partial charge in [0.05, 0.1) is 0 Å². The molecule has 6 nitrogen and oxygen atoms in total. The van der Waals surface area contributed by atoms with E-state index >= 15 is 0 Å². The Morgan fingerprint density at radius 2 is 1.89 bits per heavy atom. The Morgan fingerprint density at radius 3 is 2.59 bits per heavy atom. The predicted molar refractivity (Wildman–Crippen MR) is 98.4 cm³/mol. The van der Waals surface area contributed by atoms with Crippen LogP contribution in [0.3, 0.4) is 0 Å². The fourth-order valence-electron chi connectivity index (χ4n) is 3.11. The number of hydrogen-bond acceptors (Lipinski definition) is 4. The highest BCUT2D eigenvalue weighted by atomic mass is 32.2. The SMILES string of the molecule is CC(=O)c1cccc(NC(=O)[C@H]2CCCN2S(=O)(=O)c2ccccc2F)c1. The Morgan fingerprint density at radius 1 is 1.15 bits per heavy atom. The van der Waals surface area contributed by atoms with Crippen molar-refractivity contribution in [1.29, 1.82) is 0 Å². The summed E-state index contributed by atoms with van der Waals surface area (Å²) in [5.41, 5.74) is 0.845. The van der Waals surface area contributed by atoms with Gasteiger partial charge in [-0.05, 0) is 44.0 Å². The first kappa shape index (κ1) is 19.2. The zero-order valence-electron chi connectivity index (χ0n) is 14.7. The molecule has 142 valence electrons. The number of hydrogen-bond donors (Lipinski definition) is 1. The molecule has 0 spiro atoms. The fourth-order valence-corrected chi connectivity index (χ4v) is 4.83. The molecule has 1 fully saturated rings. The lowest BCUT2D eigenvalue weighted by atomic mass is 10.1. The molecular formula is C19H19FN2O4S. The van der Waals surface area contributed by atoms with Gasteiger partial charge >= 0.3 is 0 Å². The zero-order chi connectivity index (χ0) is 19.6. The molecule has 0 aromatic heterocycles. The molecule has 27 heavy (non-hydrogen) atoms. The fraction of sp³-hybridized carbons (Fsp3) is 0.263. The van der Waals surface area contributed by atoms with Crippen molar-refractivity contribution in [2.75, 3.05) is 11.9 Å². The molecule has 0 bridgehead atoms. The third-order valence-electron chi connectivity index (χ3n) is 4.47. The molecule has 0 unspecified atom stereocenters. The first-order chi connectivity index (χ1) is 12.8. The van der Waals surface area contributed by atoms with E-state index in [1.165, 1.54) is 31.2 Å². The number of rotatable bonds is 5. The second-order valence-electron chi connectivity index (χ2n) is 6.33. The number of carbonyl (C=O) groups is 2. The van der Waals surface area contributed by atoms with Crippen molar-refractivity contribution in [1.82, 2.24) is 4.31 Å². The Balaban J connectivity index is 1.84. The van der Waals surface area contributed by atoms with E-state index in [2.05, 4.69) is 5.32 Å². The highest BCUT2D eigenvalue weighted by molar-refractivity contribution is 7.89. The van der Waals surface area contributed by atoms with Crippen LogP contribution >= 0.6 is 0 Å². The molecule has 1 atom stereocenters. The van der Waals surface area contributed by atoms with Gasteiger partial charge in [0.15, 0.2) is 5.78 Å². The molecular weight excluding hydrogens is 371 g/mol. The summed E-state index contributed by atoms with van der Waals surface area (Å²) in [4.78, 5) is 23.7. The molecule has 0 radical (unpaired) electrons. The summed E-state index contributed by atoms with van der Waals surface area (Å²) in [5.74, 6) is -1.50. The summed E-state index contributed by atoms with van der Waals surface area (Å²) >= 11 is 0. The van der Waals surface area contributed by atoms with Gasteiger partial charge in [-0.3, -0.25) is 9.59 Å². The minimum Gasteiger partial charge on any atom is -0.325 e. The number of anilines is 1. The minimum absolute atomic E-state index is 0.141. The number of nitrogens with zero attached hydrogens (tertiary/aromatic N) is 1. The van der Waals surface area contributed by atoms with Crippen LogP contribution in [-0.4, -0.2) is 37.0 Å². The number of halogens is 1. The lowest BCUT2D eigenvalue weighted by molar-refractivity contribution is -0.119. The highest BCUT2D eigenvalue weighted by Gasteiger charge is 2.40. The summed E-state index contributed by atoms with van der Waals surface area (Å²) < 4.78 is 40.7. The number of Topliss-reactive ketones (excluding diaryl/α,β-unsaturated/α-hetero) is 1. The van der Waals surface area contributed by atoms with Gasteiger partial charge in [-0.2, -0.15) is 4.31 Å². The van der Waals surface area contributed by atoms with Crippen molar-refractivity contribution in [3.63, 3.8) is 0 Å². The van der Waals surface area contributed by atoms with Crippen molar-refractivity contribution in [3.8, 4) is 0 Å². The molecule has 0 aliphatic carbocycles. The Kier molecular flexibility index (Phi) is 5.38. The van der Waals surface area contributed by atoms with Crippen molar-refractivity contribution in [3.05, 3.63) is 59.9 Å². The third kappa shape index (κ3) is 3.91. The monoisotopic (exact) mass is 390 g/mol. The molecule has 8 heteroatoms. The summed E-state index contributed by atoms with van der Waals surface area (Å²) in [5, 5.41) is 2.66. The van der Waals surface area contributed by atoms with Crippen molar-refractivity contribution < 1.29 is 22.4 Å².